The van der Waals surface area contributed by atoms with E-state index in [0.717, 1.165) is 126 Å². The summed E-state index contributed by atoms with van der Waals surface area (Å²) in [7, 11) is 0. The first-order chi connectivity index (χ1) is 24.5. The zero-order valence-corrected chi connectivity index (χ0v) is 35.3. The van der Waals surface area contributed by atoms with Gasteiger partial charge in [-0.05, 0) is 75.7 Å². The van der Waals surface area contributed by atoms with Gasteiger partial charge in [0.05, 0.1) is 6.10 Å². The van der Waals surface area contributed by atoms with Crippen molar-refractivity contribution in [2.24, 2.45) is 0 Å². The molecule has 0 spiro atoms. The van der Waals surface area contributed by atoms with E-state index in [4.69, 9.17) is 9.47 Å². The monoisotopic (exact) mass is 745 g/mol. The number of hydrogen-bond acceptors (Lipinski definition) is 7. The van der Waals surface area contributed by atoms with Crippen molar-refractivity contribution in [3.63, 3.8) is 0 Å². The molecule has 0 aromatic carbocycles. The lowest BCUT2D eigenvalue weighted by atomic mass is 10.0. The second-order valence-electron chi connectivity index (χ2n) is 14.8. The maximum Gasteiger partial charge on any atom is 0.306 e. The number of carbonyl (C=O) groups is 2. The Balaban J connectivity index is 4.05. The Morgan fingerprint density at radius 2 is 0.760 bits per heavy atom. The van der Waals surface area contributed by atoms with E-state index >= 15 is 0 Å². The zero-order chi connectivity index (χ0) is 36.8. The number of carbonyl (C=O) groups excluding carboxylic acids is 2. The lowest BCUT2D eigenvalue weighted by molar-refractivity contribution is -0.149. The molecule has 0 amide bonds. The fourth-order valence-electron chi connectivity index (χ4n) is 6.28. The van der Waals surface area contributed by atoms with E-state index in [1.807, 2.05) is 23.5 Å². The first-order valence-corrected chi connectivity index (χ1v) is 24.0. The van der Waals surface area contributed by atoms with Crippen molar-refractivity contribution in [3.05, 3.63) is 0 Å². The molecule has 0 fully saturated rings. The minimum absolute atomic E-state index is 0.00138. The minimum atomic E-state index is -0.182. The highest BCUT2D eigenvalue weighted by Gasteiger charge is 2.16. The zero-order valence-electron chi connectivity index (χ0n) is 33.7. The Bertz CT molecular complexity index is 663. The van der Waals surface area contributed by atoms with Crippen LogP contribution in [0.3, 0.4) is 0 Å². The predicted octanol–water partition coefficient (Wildman–Crippen LogP) is 13.4. The van der Waals surface area contributed by atoms with Gasteiger partial charge in [0, 0.05) is 24.3 Å². The maximum atomic E-state index is 12.4. The minimum Gasteiger partial charge on any atom is -0.461 e. The Morgan fingerprint density at radius 1 is 0.440 bits per heavy atom. The molecule has 2 atom stereocenters. The first kappa shape index (κ1) is 49.6. The van der Waals surface area contributed by atoms with E-state index in [2.05, 4.69) is 27.7 Å². The van der Waals surface area contributed by atoms with Crippen LogP contribution in [0, 0.1) is 0 Å². The van der Waals surface area contributed by atoms with E-state index in [1.165, 1.54) is 77.0 Å². The SMILES string of the molecule is CCCCCCCC(=O)OC(CCCCCC)CSCCCCCC(O)CCCCCSCC(CCCCCC)OC(=O)CCCCCCC. The van der Waals surface area contributed by atoms with Crippen LogP contribution in [0.5, 0.6) is 0 Å². The summed E-state index contributed by atoms with van der Waals surface area (Å²) >= 11 is 3.87. The molecule has 0 rings (SSSR count). The number of hydrogen-bond donors (Lipinski definition) is 1. The van der Waals surface area contributed by atoms with Crippen molar-refractivity contribution in [1.82, 2.24) is 0 Å². The van der Waals surface area contributed by atoms with Gasteiger partial charge in [0.1, 0.15) is 12.2 Å². The van der Waals surface area contributed by atoms with Crippen molar-refractivity contribution >= 4 is 35.5 Å². The molecule has 0 aliphatic heterocycles. The quantitative estimate of drug-likeness (QED) is 0.0494. The molecule has 5 nitrogen and oxygen atoms in total. The molecule has 0 aromatic heterocycles. The molecule has 2 unspecified atom stereocenters. The summed E-state index contributed by atoms with van der Waals surface area (Å²) in [6.07, 6.45) is 33.0. The van der Waals surface area contributed by atoms with Gasteiger partial charge in [-0.1, -0.05) is 143 Å². The van der Waals surface area contributed by atoms with E-state index in [-0.39, 0.29) is 30.3 Å². The van der Waals surface area contributed by atoms with Crippen LogP contribution in [0.4, 0.5) is 0 Å². The standard InChI is InChI=1S/C43H84O5S2/c1-5-9-13-17-25-33-42(45)47-40(31-23-15-11-7-3)37-49-35-27-19-21-29-39(44)30-22-20-28-36-50-38-41(32-24-16-12-8-4)48-43(46)34-26-18-14-10-6-2/h39-41,44H,5-38H2,1-4H3. The van der Waals surface area contributed by atoms with E-state index < -0.39 is 0 Å². The number of aliphatic hydroxyl groups excluding tert-OH is 1. The fraction of sp³-hybridized carbons (Fsp3) is 0.953. The summed E-state index contributed by atoms with van der Waals surface area (Å²) in [5.41, 5.74) is 0. The van der Waals surface area contributed by atoms with Crippen molar-refractivity contribution in [2.45, 2.75) is 239 Å². The molecule has 298 valence electrons. The van der Waals surface area contributed by atoms with Crippen molar-refractivity contribution in [1.29, 1.82) is 0 Å². The fourth-order valence-corrected chi connectivity index (χ4v) is 8.43. The van der Waals surface area contributed by atoms with E-state index in [1.54, 1.807) is 0 Å². The molecule has 0 bridgehead atoms. The molecule has 0 aliphatic rings. The molecule has 0 saturated heterocycles. The number of unbranched alkanes of at least 4 members (excludes halogenated alkanes) is 18. The molecule has 0 radical (unpaired) electrons. The first-order valence-electron chi connectivity index (χ1n) is 21.7. The summed E-state index contributed by atoms with van der Waals surface area (Å²) in [5, 5.41) is 10.5. The molecule has 0 aromatic rings. The summed E-state index contributed by atoms with van der Waals surface area (Å²) in [6.45, 7) is 8.90. The topological polar surface area (TPSA) is 72.8 Å². The second-order valence-corrected chi connectivity index (χ2v) is 17.1. The average molecular weight is 745 g/mol. The Morgan fingerprint density at radius 3 is 1.14 bits per heavy atom. The van der Waals surface area contributed by atoms with Crippen LogP contribution in [0.2, 0.25) is 0 Å². The molecule has 0 aliphatic carbocycles. The summed E-state index contributed by atoms with van der Waals surface area (Å²) in [5.74, 6) is 4.03. The van der Waals surface area contributed by atoms with Gasteiger partial charge in [-0.2, -0.15) is 23.5 Å². The number of ether oxygens (including phenoxy) is 2. The summed E-state index contributed by atoms with van der Waals surface area (Å²) in [4.78, 5) is 24.9. The molecule has 7 heteroatoms. The number of thioether (sulfide) groups is 2. The number of esters is 2. The smallest absolute Gasteiger partial charge is 0.306 e. The van der Waals surface area contributed by atoms with Crippen LogP contribution < -0.4 is 0 Å². The van der Waals surface area contributed by atoms with E-state index in [0.29, 0.717) is 12.8 Å². The molecular weight excluding hydrogens is 661 g/mol. The van der Waals surface area contributed by atoms with Gasteiger partial charge in [0.25, 0.3) is 0 Å². The van der Waals surface area contributed by atoms with Gasteiger partial charge in [-0.25, -0.2) is 0 Å². The molecule has 1 N–H and O–H groups in total. The predicted molar refractivity (Wildman–Crippen MR) is 222 cm³/mol. The van der Waals surface area contributed by atoms with Crippen molar-refractivity contribution < 1.29 is 24.2 Å². The van der Waals surface area contributed by atoms with Crippen molar-refractivity contribution in [3.8, 4) is 0 Å². The molecular formula is C43H84O5S2. The van der Waals surface area contributed by atoms with Crippen LogP contribution in [0.25, 0.3) is 0 Å². The van der Waals surface area contributed by atoms with Gasteiger partial charge >= 0.3 is 11.9 Å². The summed E-state index contributed by atoms with van der Waals surface area (Å²) < 4.78 is 11.8. The Hall–Kier alpha value is -0.400. The normalized spacial score (nSPS) is 13.3. The largest absolute Gasteiger partial charge is 0.461 e. The molecule has 0 heterocycles. The van der Waals surface area contributed by atoms with Crippen LogP contribution in [-0.2, 0) is 19.1 Å². The lowest BCUT2D eigenvalue weighted by Crippen LogP contribution is -2.21. The third-order valence-corrected chi connectivity index (χ3v) is 12.0. The summed E-state index contributed by atoms with van der Waals surface area (Å²) in [6, 6.07) is 0. The lowest BCUT2D eigenvalue weighted by Gasteiger charge is -2.18. The maximum absolute atomic E-state index is 12.4. The van der Waals surface area contributed by atoms with Crippen LogP contribution in [0.15, 0.2) is 0 Å². The molecule has 0 saturated carbocycles. The van der Waals surface area contributed by atoms with Gasteiger partial charge in [-0.15, -0.1) is 0 Å². The third-order valence-electron chi connectivity index (χ3n) is 9.58. The average Bonchev–Trinajstić information content (AvgIpc) is 3.10. The van der Waals surface area contributed by atoms with Crippen LogP contribution in [-0.4, -0.2) is 58.4 Å². The van der Waals surface area contributed by atoms with Crippen LogP contribution >= 0.6 is 23.5 Å². The van der Waals surface area contributed by atoms with Crippen LogP contribution in [0.1, 0.15) is 220 Å². The highest BCUT2D eigenvalue weighted by Crippen LogP contribution is 2.20. The highest BCUT2D eigenvalue weighted by atomic mass is 32.2. The van der Waals surface area contributed by atoms with E-state index in [9.17, 15) is 14.7 Å². The van der Waals surface area contributed by atoms with Gasteiger partial charge in [-0.3, -0.25) is 9.59 Å². The number of rotatable bonds is 40. The Kier molecular flexibility index (Phi) is 39.5. The highest BCUT2D eigenvalue weighted by molar-refractivity contribution is 7.99. The Labute approximate surface area is 320 Å². The van der Waals surface area contributed by atoms with Gasteiger partial charge < -0.3 is 14.6 Å². The van der Waals surface area contributed by atoms with Crippen molar-refractivity contribution in [2.75, 3.05) is 23.0 Å². The molecule has 50 heavy (non-hydrogen) atoms. The third kappa shape index (κ3) is 36.0. The van der Waals surface area contributed by atoms with Gasteiger partial charge in [0.2, 0.25) is 0 Å². The second kappa shape index (κ2) is 39.8. The number of aliphatic hydroxyl groups is 1. The van der Waals surface area contributed by atoms with Gasteiger partial charge in [0.15, 0.2) is 0 Å².